The third-order valence-corrected chi connectivity index (χ3v) is 6.08. The first-order valence-corrected chi connectivity index (χ1v) is 11.0. The number of methoxy groups -OCH3 is 1. The number of amides is 2. The fourth-order valence-electron chi connectivity index (χ4n) is 3.83. The number of likely N-dealkylation sites (tertiary alicyclic amines) is 1. The van der Waals surface area contributed by atoms with Gasteiger partial charge in [-0.3, -0.25) is 14.5 Å². The number of carbonyl (C=O) groups excluding carboxylic acids is 2. The van der Waals surface area contributed by atoms with Gasteiger partial charge in [0.05, 0.1) is 12.8 Å². The minimum absolute atomic E-state index is 0.113. The number of hydrogen-bond donors (Lipinski definition) is 0. The van der Waals surface area contributed by atoms with E-state index >= 15 is 0 Å². The van der Waals surface area contributed by atoms with E-state index in [2.05, 4.69) is 15.6 Å². The zero-order chi connectivity index (χ0) is 27.1. The molecule has 1 fully saturated rings. The third-order valence-electron chi connectivity index (χ3n) is 5.30. The molecule has 1 saturated heterocycles. The number of nitrogens with zero attached hydrogens (tertiary/aromatic N) is 3. The highest BCUT2D eigenvalue weighted by molar-refractivity contribution is 7.10. The molecule has 0 N–H and O–H groups in total. The van der Waals surface area contributed by atoms with Gasteiger partial charge in [0.15, 0.2) is 5.01 Å². The SMILES string of the molecule is C#Cc1nc(C(=O)N(c2cc(OC)cc(OC(F)(F)F)c2)[C@H]2CC(C)(C)N(CC(F)(F)F)C2=O)cs1. The predicted molar refractivity (Wildman–Crippen MR) is 117 cm³/mol. The second-order valence-electron chi connectivity index (χ2n) is 8.34. The van der Waals surface area contributed by atoms with Gasteiger partial charge in [-0.2, -0.15) is 13.2 Å². The molecule has 1 aromatic carbocycles. The zero-order valence-corrected chi connectivity index (χ0v) is 19.8. The fraction of sp³-hybridized carbons (Fsp3) is 0.409. The summed E-state index contributed by atoms with van der Waals surface area (Å²) in [4.78, 5) is 32.1. The van der Waals surface area contributed by atoms with Crippen molar-refractivity contribution in [2.45, 2.75) is 44.4 Å². The lowest BCUT2D eigenvalue weighted by Gasteiger charge is -2.31. The van der Waals surface area contributed by atoms with Crippen LogP contribution in [0.5, 0.6) is 11.5 Å². The van der Waals surface area contributed by atoms with E-state index in [-0.39, 0.29) is 28.6 Å². The van der Waals surface area contributed by atoms with E-state index in [1.165, 1.54) is 19.2 Å². The van der Waals surface area contributed by atoms with Gasteiger partial charge in [-0.25, -0.2) is 4.98 Å². The molecule has 1 atom stereocenters. The Morgan fingerprint density at radius 2 is 1.89 bits per heavy atom. The van der Waals surface area contributed by atoms with E-state index < -0.39 is 48.2 Å². The number of alkyl halides is 6. The Hall–Kier alpha value is -3.47. The summed E-state index contributed by atoms with van der Waals surface area (Å²) in [6, 6.07) is 1.38. The van der Waals surface area contributed by atoms with Crippen molar-refractivity contribution in [3.8, 4) is 23.8 Å². The molecule has 0 spiro atoms. The van der Waals surface area contributed by atoms with Crippen molar-refractivity contribution in [2.24, 2.45) is 0 Å². The Morgan fingerprint density at radius 3 is 2.42 bits per heavy atom. The van der Waals surface area contributed by atoms with Crippen LogP contribution in [0.3, 0.4) is 0 Å². The molecule has 2 aromatic rings. The van der Waals surface area contributed by atoms with Crippen LogP contribution >= 0.6 is 11.3 Å². The first-order valence-electron chi connectivity index (χ1n) is 10.1. The normalized spacial score (nSPS) is 17.6. The van der Waals surface area contributed by atoms with Crippen LogP contribution in [0.4, 0.5) is 32.0 Å². The molecule has 2 heterocycles. The Morgan fingerprint density at radius 1 is 1.25 bits per heavy atom. The summed E-state index contributed by atoms with van der Waals surface area (Å²) < 4.78 is 87.3. The molecule has 0 radical (unpaired) electrons. The van der Waals surface area contributed by atoms with Crippen LogP contribution in [-0.2, 0) is 4.79 Å². The van der Waals surface area contributed by atoms with E-state index in [9.17, 15) is 35.9 Å². The summed E-state index contributed by atoms with van der Waals surface area (Å²) >= 11 is 0.924. The number of carbonyl (C=O) groups is 2. The second-order valence-corrected chi connectivity index (χ2v) is 9.20. The van der Waals surface area contributed by atoms with Crippen LogP contribution in [0.2, 0.25) is 0 Å². The van der Waals surface area contributed by atoms with Crippen molar-refractivity contribution in [3.05, 3.63) is 34.3 Å². The summed E-state index contributed by atoms with van der Waals surface area (Å²) in [5.74, 6) is -0.702. The fourth-order valence-corrected chi connectivity index (χ4v) is 4.42. The topological polar surface area (TPSA) is 72.0 Å². The van der Waals surface area contributed by atoms with E-state index in [0.717, 1.165) is 41.5 Å². The molecule has 14 heteroatoms. The predicted octanol–water partition coefficient (Wildman–Crippen LogP) is 4.62. The van der Waals surface area contributed by atoms with E-state index in [1.54, 1.807) is 0 Å². The van der Waals surface area contributed by atoms with Gasteiger partial charge < -0.3 is 14.4 Å². The highest BCUT2D eigenvalue weighted by Crippen LogP contribution is 2.40. The van der Waals surface area contributed by atoms with Gasteiger partial charge in [-0.15, -0.1) is 30.9 Å². The van der Waals surface area contributed by atoms with Gasteiger partial charge in [-0.1, -0.05) is 0 Å². The molecule has 0 bridgehead atoms. The Balaban J connectivity index is 2.15. The minimum Gasteiger partial charge on any atom is -0.497 e. The molecule has 0 aliphatic carbocycles. The lowest BCUT2D eigenvalue weighted by atomic mass is 9.98. The maximum absolute atomic E-state index is 13.5. The number of benzene rings is 1. The maximum Gasteiger partial charge on any atom is 0.573 e. The molecular formula is C22H19F6N3O4S. The Labute approximate surface area is 205 Å². The van der Waals surface area contributed by atoms with Crippen LogP contribution in [0.1, 0.15) is 35.8 Å². The number of aromatic nitrogens is 1. The lowest BCUT2D eigenvalue weighted by Crippen LogP contribution is -2.49. The first kappa shape index (κ1) is 27.1. The largest absolute Gasteiger partial charge is 0.573 e. The maximum atomic E-state index is 13.5. The monoisotopic (exact) mass is 535 g/mol. The summed E-state index contributed by atoms with van der Waals surface area (Å²) in [7, 11) is 1.15. The highest BCUT2D eigenvalue weighted by atomic mass is 32.1. The van der Waals surface area contributed by atoms with Gasteiger partial charge in [0, 0.05) is 29.1 Å². The van der Waals surface area contributed by atoms with E-state index in [0.29, 0.717) is 4.90 Å². The molecule has 1 aliphatic heterocycles. The third kappa shape index (κ3) is 6.01. The number of ether oxygens (including phenoxy) is 2. The van der Waals surface area contributed by atoms with Crippen LogP contribution in [0, 0.1) is 12.3 Å². The second kappa shape index (κ2) is 9.53. The number of hydrogen-bond acceptors (Lipinski definition) is 6. The number of anilines is 1. The van der Waals surface area contributed by atoms with Gasteiger partial charge in [0.25, 0.3) is 5.91 Å². The van der Waals surface area contributed by atoms with Gasteiger partial charge in [0.1, 0.15) is 29.8 Å². The molecule has 36 heavy (non-hydrogen) atoms. The van der Waals surface area contributed by atoms with Gasteiger partial charge in [-0.05, 0) is 26.2 Å². The summed E-state index contributed by atoms with van der Waals surface area (Å²) in [5, 5.41) is 1.39. The van der Waals surface area contributed by atoms with Crippen molar-refractivity contribution < 1.29 is 45.4 Å². The molecule has 194 valence electrons. The number of halogens is 6. The van der Waals surface area contributed by atoms with Gasteiger partial charge in [0.2, 0.25) is 5.91 Å². The average molecular weight is 535 g/mol. The van der Waals surface area contributed by atoms with Crippen molar-refractivity contribution in [2.75, 3.05) is 18.6 Å². The quantitative estimate of drug-likeness (QED) is 0.399. The smallest absolute Gasteiger partial charge is 0.497 e. The molecule has 0 unspecified atom stereocenters. The van der Waals surface area contributed by atoms with Crippen molar-refractivity contribution >= 4 is 28.8 Å². The van der Waals surface area contributed by atoms with Crippen LogP contribution in [0.25, 0.3) is 0 Å². The Kier molecular flexibility index (Phi) is 7.18. The standard InChI is InChI=1S/C22H19F6N3O4S/c1-5-17-29-15(10-36-17)18(32)31(12-6-13(34-4)8-14(7-12)35-22(26,27)28)16-9-20(2,3)30(19(16)33)11-21(23,24)25/h1,6-8,10,16H,9,11H2,2-4H3/t16-/m0/s1. The first-order chi connectivity index (χ1) is 16.5. The lowest BCUT2D eigenvalue weighted by molar-refractivity contribution is -0.274. The summed E-state index contributed by atoms with van der Waals surface area (Å²) in [6.45, 7) is 1.21. The average Bonchev–Trinajstić information content (AvgIpc) is 3.30. The summed E-state index contributed by atoms with van der Waals surface area (Å²) in [5.41, 5.74) is -1.86. The van der Waals surface area contributed by atoms with E-state index in [1.807, 2.05) is 0 Å². The molecule has 1 aliphatic rings. The zero-order valence-electron chi connectivity index (χ0n) is 19.0. The van der Waals surface area contributed by atoms with E-state index in [4.69, 9.17) is 11.2 Å². The van der Waals surface area contributed by atoms with Crippen LogP contribution in [0.15, 0.2) is 23.6 Å². The van der Waals surface area contributed by atoms with Crippen molar-refractivity contribution in [1.82, 2.24) is 9.88 Å². The van der Waals surface area contributed by atoms with Gasteiger partial charge >= 0.3 is 12.5 Å². The highest BCUT2D eigenvalue weighted by Gasteiger charge is 2.52. The number of terminal acetylenes is 1. The minimum atomic E-state index is -5.09. The Bertz CT molecular complexity index is 1200. The molecule has 7 nitrogen and oxygen atoms in total. The van der Waals surface area contributed by atoms with Crippen LogP contribution in [-0.4, -0.2) is 59.5 Å². The molecule has 0 saturated carbocycles. The number of rotatable bonds is 6. The molecular weight excluding hydrogens is 516 g/mol. The van der Waals surface area contributed by atoms with Crippen molar-refractivity contribution in [3.63, 3.8) is 0 Å². The molecule has 1 aromatic heterocycles. The molecule has 3 rings (SSSR count). The van der Waals surface area contributed by atoms with Crippen LogP contribution < -0.4 is 14.4 Å². The van der Waals surface area contributed by atoms with Crippen molar-refractivity contribution in [1.29, 1.82) is 0 Å². The number of thiazole rings is 1. The summed E-state index contributed by atoms with van der Waals surface area (Å²) in [6.07, 6.45) is -4.79. The molecule has 2 amide bonds.